The number of aryl methyl sites for hydroxylation is 2. The van der Waals surface area contributed by atoms with Gasteiger partial charge in [0.1, 0.15) is 5.82 Å². The zero-order chi connectivity index (χ0) is 9.97. The zero-order valence-electron chi connectivity index (χ0n) is 8.88. The first-order valence-corrected chi connectivity index (χ1v) is 5.28. The Hall–Kier alpha value is -0.960. The van der Waals surface area contributed by atoms with Gasteiger partial charge in [0.15, 0.2) is 0 Å². The van der Waals surface area contributed by atoms with Crippen molar-refractivity contribution in [3.8, 4) is 0 Å². The summed E-state index contributed by atoms with van der Waals surface area (Å²) in [5.41, 5.74) is 2.16. The second-order valence-corrected chi connectivity index (χ2v) is 4.05. The van der Waals surface area contributed by atoms with Crippen LogP contribution in [-0.2, 0) is 0 Å². The van der Waals surface area contributed by atoms with Gasteiger partial charge in [-0.2, -0.15) is 0 Å². The van der Waals surface area contributed by atoms with E-state index in [0.29, 0.717) is 5.92 Å². The Kier molecular flexibility index (Phi) is 2.77. The predicted molar refractivity (Wildman–Crippen MR) is 56.4 cm³/mol. The molecule has 0 radical (unpaired) electrons. The summed E-state index contributed by atoms with van der Waals surface area (Å²) >= 11 is 0. The van der Waals surface area contributed by atoms with Gasteiger partial charge in [0.25, 0.3) is 0 Å². The lowest BCUT2D eigenvalue weighted by Gasteiger charge is -2.21. The molecule has 3 heteroatoms. The summed E-state index contributed by atoms with van der Waals surface area (Å²) < 4.78 is 0. The van der Waals surface area contributed by atoms with Gasteiger partial charge in [-0.25, -0.2) is 9.97 Å². The van der Waals surface area contributed by atoms with Crippen LogP contribution in [0.2, 0.25) is 0 Å². The molecule has 1 aromatic rings. The largest absolute Gasteiger partial charge is 0.316 e. The summed E-state index contributed by atoms with van der Waals surface area (Å²) in [6.07, 6.45) is 2.46. The number of piperidine rings is 1. The number of hydrogen-bond acceptors (Lipinski definition) is 3. The molecule has 1 fully saturated rings. The predicted octanol–water partition coefficient (Wildman–Crippen LogP) is 1.56. The molecular weight excluding hydrogens is 174 g/mol. The van der Waals surface area contributed by atoms with Crippen molar-refractivity contribution < 1.29 is 0 Å². The quantitative estimate of drug-likeness (QED) is 0.732. The average Bonchev–Trinajstić information content (AvgIpc) is 2.18. The van der Waals surface area contributed by atoms with Crippen molar-refractivity contribution in [1.82, 2.24) is 15.3 Å². The lowest BCUT2D eigenvalue weighted by atomic mass is 9.99. The average molecular weight is 191 g/mol. The van der Waals surface area contributed by atoms with Crippen LogP contribution in [0.3, 0.4) is 0 Å². The molecule has 2 heterocycles. The van der Waals surface area contributed by atoms with Gasteiger partial charge in [-0.15, -0.1) is 0 Å². The van der Waals surface area contributed by atoms with E-state index in [1.807, 2.05) is 19.9 Å². The molecular formula is C11H17N3. The number of nitrogens with zero attached hydrogens (tertiary/aromatic N) is 2. The molecule has 76 valence electrons. The molecule has 0 bridgehead atoms. The van der Waals surface area contributed by atoms with Crippen LogP contribution in [0, 0.1) is 13.8 Å². The van der Waals surface area contributed by atoms with E-state index in [9.17, 15) is 0 Å². The minimum absolute atomic E-state index is 0.516. The van der Waals surface area contributed by atoms with Crippen molar-refractivity contribution >= 4 is 0 Å². The fraction of sp³-hybridized carbons (Fsp3) is 0.636. The third-order valence-electron chi connectivity index (χ3n) is 2.66. The number of hydrogen-bond donors (Lipinski definition) is 1. The minimum Gasteiger partial charge on any atom is -0.316 e. The van der Waals surface area contributed by atoms with Crippen molar-refractivity contribution in [2.45, 2.75) is 32.6 Å². The standard InChI is InChI=1S/C11H17N3/c1-8-6-9(2)14-11(13-8)10-4-3-5-12-7-10/h6,10,12H,3-5,7H2,1-2H3. The first-order valence-electron chi connectivity index (χ1n) is 5.28. The number of aromatic nitrogens is 2. The molecule has 2 rings (SSSR count). The molecule has 1 atom stereocenters. The summed E-state index contributed by atoms with van der Waals surface area (Å²) in [7, 11) is 0. The van der Waals surface area contributed by atoms with E-state index in [2.05, 4.69) is 15.3 Å². The van der Waals surface area contributed by atoms with Gasteiger partial charge in [0, 0.05) is 23.9 Å². The van der Waals surface area contributed by atoms with Crippen molar-refractivity contribution in [1.29, 1.82) is 0 Å². The third-order valence-corrected chi connectivity index (χ3v) is 2.66. The highest BCUT2D eigenvalue weighted by Crippen LogP contribution is 2.20. The van der Waals surface area contributed by atoms with E-state index in [0.717, 1.165) is 30.3 Å². The van der Waals surface area contributed by atoms with Crippen LogP contribution in [0.15, 0.2) is 6.07 Å². The van der Waals surface area contributed by atoms with E-state index >= 15 is 0 Å². The first kappa shape index (κ1) is 9.59. The van der Waals surface area contributed by atoms with E-state index in [-0.39, 0.29) is 0 Å². The molecule has 1 aromatic heterocycles. The fourth-order valence-corrected chi connectivity index (χ4v) is 2.01. The van der Waals surface area contributed by atoms with Gasteiger partial charge in [0.2, 0.25) is 0 Å². The molecule has 0 amide bonds. The molecule has 0 aliphatic carbocycles. The molecule has 1 aliphatic heterocycles. The van der Waals surface area contributed by atoms with Crippen molar-refractivity contribution in [3.05, 3.63) is 23.3 Å². The zero-order valence-corrected chi connectivity index (χ0v) is 8.88. The van der Waals surface area contributed by atoms with E-state index in [4.69, 9.17) is 0 Å². The Morgan fingerprint density at radius 2 is 2.00 bits per heavy atom. The SMILES string of the molecule is Cc1cc(C)nc(C2CCCNC2)n1. The van der Waals surface area contributed by atoms with Crippen molar-refractivity contribution in [2.24, 2.45) is 0 Å². The minimum atomic E-state index is 0.516. The van der Waals surface area contributed by atoms with Crippen LogP contribution in [0.1, 0.15) is 36.0 Å². The van der Waals surface area contributed by atoms with Crippen molar-refractivity contribution in [3.63, 3.8) is 0 Å². The molecule has 0 aromatic carbocycles. The molecule has 3 nitrogen and oxygen atoms in total. The molecule has 1 N–H and O–H groups in total. The highest BCUT2D eigenvalue weighted by Gasteiger charge is 2.17. The second kappa shape index (κ2) is 4.05. The monoisotopic (exact) mass is 191 g/mol. The van der Waals surface area contributed by atoms with E-state index < -0.39 is 0 Å². The Balaban J connectivity index is 2.21. The first-order chi connectivity index (χ1) is 6.75. The van der Waals surface area contributed by atoms with Crippen molar-refractivity contribution in [2.75, 3.05) is 13.1 Å². The molecule has 0 saturated carbocycles. The Morgan fingerprint density at radius 1 is 1.29 bits per heavy atom. The Morgan fingerprint density at radius 3 is 2.57 bits per heavy atom. The Labute approximate surface area is 85.0 Å². The van der Waals surface area contributed by atoms with Gasteiger partial charge < -0.3 is 5.32 Å². The maximum atomic E-state index is 4.51. The highest BCUT2D eigenvalue weighted by molar-refractivity contribution is 5.11. The van der Waals surface area contributed by atoms with Gasteiger partial charge in [-0.05, 0) is 39.3 Å². The lowest BCUT2D eigenvalue weighted by Crippen LogP contribution is -2.29. The Bertz CT molecular complexity index is 296. The van der Waals surface area contributed by atoms with Gasteiger partial charge in [-0.1, -0.05) is 0 Å². The highest BCUT2D eigenvalue weighted by atomic mass is 14.9. The van der Waals surface area contributed by atoms with Crippen LogP contribution in [0.5, 0.6) is 0 Å². The number of nitrogens with one attached hydrogen (secondary N) is 1. The van der Waals surface area contributed by atoms with E-state index in [1.54, 1.807) is 0 Å². The van der Waals surface area contributed by atoms with Crippen LogP contribution in [0.4, 0.5) is 0 Å². The lowest BCUT2D eigenvalue weighted by molar-refractivity contribution is 0.445. The summed E-state index contributed by atoms with van der Waals surface area (Å²) in [6.45, 7) is 6.24. The smallest absolute Gasteiger partial charge is 0.133 e. The molecule has 0 spiro atoms. The van der Waals surface area contributed by atoms with Crippen LogP contribution in [-0.4, -0.2) is 23.1 Å². The van der Waals surface area contributed by atoms with Gasteiger partial charge in [0.05, 0.1) is 0 Å². The number of rotatable bonds is 1. The van der Waals surface area contributed by atoms with Gasteiger partial charge >= 0.3 is 0 Å². The second-order valence-electron chi connectivity index (χ2n) is 4.05. The maximum absolute atomic E-state index is 4.51. The molecule has 1 saturated heterocycles. The molecule has 1 aliphatic rings. The molecule has 14 heavy (non-hydrogen) atoms. The summed E-state index contributed by atoms with van der Waals surface area (Å²) in [6, 6.07) is 2.03. The normalized spacial score (nSPS) is 22.3. The van der Waals surface area contributed by atoms with Gasteiger partial charge in [-0.3, -0.25) is 0 Å². The third kappa shape index (κ3) is 2.10. The summed E-state index contributed by atoms with van der Waals surface area (Å²) in [5, 5.41) is 3.39. The van der Waals surface area contributed by atoms with Crippen LogP contribution >= 0.6 is 0 Å². The summed E-state index contributed by atoms with van der Waals surface area (Å²) in [5.74, 6) is 1.54. The van der Waals surface area contributed by atoms with Crippen LogP contribution in [0.25, 0.3) is 0 Å². The van der Waals surface area contributed by atoms with Crippen LogP contribution < -0.4 is 5.32 Å². The molecule has 1 unspecified atom stereocenters. The maximum Gasteiger partial charge on any atom is 0.133 e. The topological polar surface area (TPSA) is 37.8 Å². The fourth-order valence-electron chi connectivity index (χ4n) is 2.01. The summed E-state index contributed by atoms with van der Waals surface area (Å²) in [4.78, 5) is 9.01. The van der Waals surface area contributed by atoms with E-state index in [1.165, 1.54) is 12.8 Å².